The maximum absolute atomic E-state index is 12.3. The Hall–Kier alpha value is -2.30. The van der Waals surface area contributed by atoms with Gasteiger partial charge in [-0.2, -0.15) is 0 Å². The Labute approximate surface area is 155 Å². The minimum absolute atomic E-state index is 0.0275. The van der Waals surface area contributed by atoms with Gasteiger partial charge in [-0.05, 0) is 37.5 Å². The van der Waals surface area contributed by atoms with E-state index < -0.39 is 0 Å². The van der Waals surface area contributed by atoms with Crippen molar-refractivity contribution in [3.63, 3.8) is 0 Å². The third-order valence-corrected chi connectivity index (χ3v) is 5.24. The number of rotatable bonds is 8. The van der Waals surface area contributed by atoms with Crippen LogP contribution in [-0.4, -0.2) is 41.3 Å². The lowest BCUT2D eigenvalue weighted by Gasteiger charge is -2.16. The molecule has 0 aliphatic carbocycles. The van der Waals surface area contributed by atoms with Crippen LogP contribution < -0.4 is 5.32 Å². The van der Waals surface area contributed by atoms with Crippen molar-refractivity contribution in [3.05, 3.63) is 35.5 Å². The molecule has 0 bridgehead atoms. The zero-order valence-corrected chi connectivity index (χ0v) is 15.8. The number of amides is 2. The molecule has 1 aromatic heterocycles. The van der Waals surface area contributed by atoms with Gasteiger partial charge in [-0.3, -0.25) is 9.59 Å². The summed E-state index contributed by atoms with van der Waals surface area (Å²) >= 11 is 0. The van der Waals surface area contributed by atoms with Crippen molar-refractivity contribution >= 4 is 22.7 Å². The Morgan fingerprint density at radius 2 is 2.19 bits per heavy atom. The highest BCUT2D eigenvalue weighted by atomic mass is 16.2. The number of unbranched alkanes of at least 4 members (excludes halogenated alkanes) is 2. The van der Waals surface area contributed by atoms with Crippen LogP contribution in [0.2, 0.25) is 0 Å². The van der Waals surface area contributed by atoms with Crippen molar-refractivity contribution < 1.29 is 9.59 Å². The molecule has 1 atom stereocenters. The minimum atomic E-state index is -0.200. The lowest BCUT2D eigenvalue weighted by atomic mass is 10.1. The molecule has 5 heteroatoms. The number of hydrogen-bond donors (Lipinski definition) is 2. The molecule has 26 heavy (non-hydrogen) atoms. The van der Waals surface area contributed by atoms with E-state index in [0.717, 1.165) is 31.2 Å². The van der Waals surface area contributed by atoms with Gasteiger partial charge in [0, 0.05) is 43.2 Å². The molecule has 1 aliphatic rings. The maximum Gasteiger partial charge on any atom is 0.225 e. The van der Waals surface area contributed by atoms with Crippen LogP contribution in [0.1, 0.15) is 43.7 Å². The largest absolute Gasteiger partial charge is 0.361 e. The Bertz CT molecular complexity index is 781. The first-order valence-electron chi connectivity index (χ1n) is 9.70. The summed E-state index contributed by atoms with van der Waals surface area (Å²) in [4.78, 5) is 29.7. The van der Waals surface area contributed by atoms with Gasteiger partial charge in [0.05, 0.1) is 5.92 Å². The molecule has 2 N–H and O–H groups in total. The summed E-state index contributed by atoms with van der Waals surface area (Å²) in [6.45, 7) is 6.15. The fourth-order valence-electron chi connectivity index (χ4n) is 3.65. The molecule has 3 rings (SSSR count). The van der Waals surface area contributed by atoms with Crippen molar-refractivity contribution in [2.45, 2.75) is 46.0 Å². The van der Waals surface area contributed by atoms with Gasteiger partial charge in [0.1, 0.15) is 0 Å². The standard InChI is InChI=1S/C21H29N3O2/c1-3-4-5-9-22-21(26)17-12-20(25)24(14-17)10-8-16-13-23-19-7-6-15(2)11-18(16)19/h6-7,11,13,17,23H,3-5,8-10,12,14H2,1-2H3,(H,22,26). The van der Waals surface area contributed by atoms with Crippen LogP contribution in [0.25, 0.3) is 10.9 Å². The van der Waals surface area contributed by atoms with E-state index in [2.05, 4.69) is 42.3 Å². The van der Waals surface area contributed by atoms with E-state index in [1.807, 2.05) is 11.1 Å². The molecule has 0 radical (unpaired) electrons. The fraction of sp³-hybridized carbons (Fsp3) is 0.524. The summed E-state index contributed by atoms with van der Waals surface area (Å²) in [5.41, 5.74) is 3.59. The number of hydrogen-bond acceptors (Lipinski definition) is 2. The van der Waals surface area contributed by atoms with Gasteiger partial charge in [0.25, 0.3) is 0 Å². The summed E-state index contributed by atoms with van der Waals surface area (Å²) in [7, 11) is 0. The van der Waals surface area contributed by atoms with Crippen molar-refractivity contribution in [3.8, 4) is 0 Å². The molecular weight excluding hydrogens is 326 g/mol. The average molecular weight is 355 g/mol. The number of aromatic amines is 1. The molecule has 1 aliphatic heterocycles. The van der Waals surface area contributed by atoms with E-state index in [-0.39, 0.29) is 17.7 Å². The van der Waals surface area contributed by atoms with Crippen molar-refractivity contribution in [1.29, 1.82) is 0 Å². The average Bonchev–Trinajstić information content (AvgIpc) is 3.20. The monoisotopic (exact) mass is 355 g/mol. The lowest BCUT2D eigenvalue weighted by Crippen LogP contribution is -2.34. The van der Waals surface area contributed by atoms with Gasteiger partial charge in [0.2, 0.25) is 11.8 Å². The first-order valence-corrected chi connectivity index (χ1v) is 9.70. The quantitative estimate of drug-likeness (QED) is 0.714. The van der Waals surface area contributed by atoms with Crippen molar-refractivity contribution in [2.24, 2.45) is 5.92 Å². The first kappa shape index (κ1) is 18.5. The van der Waals surface area contributed by atoms with Gasteiger partial charge in [-0.15, -0.1) is 0 Å². The number of likely N-dealkylation sites (tertiary alicyclic amines) is 1. The second-order valence-corrected chi connectivity index (χ2v) is 7.35. The summed E-state index contributed by atoms with van der Waals surface area (Å²) in [6, 6.07) is 6.37. The summed E-state index contributed by atoms with van der Waals surface area (Å²) < 4.78 is 0. The number of aromatic nitrogens is 1. The highest BCUT2D eigenvalue weighted by molar-refractivity contribution is 5.89. The SMILES string of the molecule is CCCCCNC(=O)C1CC(=O)N(CCc2c[nH]c3ccc(C)cc23)C1. The van der Waals surface area contributed by atoms with Crippen LogP contribution in [0, 0.1) is 12.8 Å². The number of carbonyl (C=O) groups is 2. The van der Waals surface area contributed by atoms with Crippen molar-refractivity contribution in [1.82, 2.24) is 15.2 Å². The van der Waals surface area contributed by atoms with Crippen LogP contribution >= 0.6 is 0 Å². The molecule has 2 amide bonds. The highest BCUT2D eigenvalue weighted by Gasteiger charge is 2.33. The normalized spacial score (nSPS) is 17.2. The number of carbonyl (C=O) groups excluding carboxylic acids is 2. The van der Waals surface area contributed by atoms with Crippen molar-refractivity contribution in [2.75, 3.05) is 19.6 Å². The molecule has 1 unspecified atom stereocenters. The van der Waals surface area contributed by atoms with Crippen LogP contribution in [0.15, 0.2) is 24.4 Å². The van der Waals surface area contributed by atoms with E-state index in [1.54, 1.807) is 0 Å². The first-order chi connectivity index (χ1) is 12.6. The summed E-state index contributed by atoms with van der Waals surface area (Å²) in [6.07, 6.45) is 6.45. The zero-order chi connectivity index (χ0) is 18.5. The maximum atomic E-state index is 12.3. The fourth-order valence-corrected chi connectivity index (χ4v) is 3.65. The van der Waals surface area contributed by atoms with Gasteiger partial charge >= 0.3 is 0 Å². The van der Waals surface area contributed by atoms with Gasteiger partial charge in [-0.25, -0.2) is 0 Å². The highest BCUT2D eigenvalue weighted by Crippen LogP contribution is 2.22. The van der Waals surface area contributed by atoms with E-state index in [0.29, 0.717) is 26.1 Å². The molecule has 140 valence electrons. The third-order valence-electron chi connectivity index (χ3n) is 5.24. The molecule has 1 saturated heterocycles. The van der Waals surface area contributed by atoms with Gasteiger partial charge in [0.15, 0.2) is 0 Å². The topological polar surface area (TPSA) is 65.2 Å². The second-order valence-electron chi connectivity index (χ2n) is 7.35. The van der Waals surface area contributed by atoms with Crippen LogP contribution in [0.4, 0.5) is 0 Å². The predicted molar refractivity (Wildman–Crippen MR) is 104 cm³/mol. The number of benzene rings is 1. The molecule has 2 aromatic rings. The summed E-state index contributed by atoms with van der Waals surface area (Å²) in [5.74, 6) is -0.0799. The van der Waals surface area contributed by atoms with E-state index in [9.17, 15) is 9.59 Å². The summed E-state index contributed by atoms with van der Waals surface area (Å²) in [5, 5.41) is 4.20. The molecule has 5 nitrogen and oxygen atoms in total. The van der Waals surface area contributed by atoms with Crippen LogP contribution in [0.3, 0.4) is 0 Å². The van der Waals surface area contributed by atoms with Gasteiger partial charge < -0.3 is 15.2 Å². The number of nitrogens with zero attached hydrogens (tertiary/aromatic N) is 1. The Kier molecular flexibility index (Phi) is 5.96. The number of H-pyrrole nitrogens is 1. The number of nitrogens with one attached hydrogen (secondary N) is 2. The van der Waals surface area contributed by atoms with E-state index in [1.165, 1.54) is 16.5 Å². The van der Waals surface area contributed by atoms with Gasteiger partial charge in [-0.1, -0.05) is 31.4 Å². The van der Waals surface area contributed by atoms with E-state index in [4.69, 9.17) is 0 Å². The smallest absolute Gasteiger partial charge is 0.225 e. The number of aryl methyl sites for hydroxylation is 1. The molecule has 1 fully saturated rings. The molecule has 0 spiro atoms. The molecule has 0 saturated carbocycles. The second kappa shape index (κ2) is 8.39. The molecular formula is C21H29N3O2. The molecule has 1 aromatic carbocycles. The lowest BCUT2D eigenvalue weighted by molar-refractivity contribution is -0.129. The minimum Gasteiger partial charge on any atom is -0.361 e. The van der Waals surface area contributed by atoms with Crippen LogP contribution in [0.5, 0.6) is 0 Å². The Morgan fingerprint density at radius 1 is 1.35 bits per heavy atom. The van der Waals surface area contributed by atoms with E-state index >= 15 is 0 Å². The predicted octanol–water partition coefficient (Wildman–Crippen LogP) is 3.17. The van der Waals surface area contributed by atoms with Crippen LogP contribution in [-0.2, 0) is 16.0 Å². The molecule has 2 heterocycles. The Morgan fingerprint density at radius 3 is 3.00 bits per heavy atom. The third kappa shape index (κ3) is 4.26. The Balaban J connectivity index is 1.53. The zero-order valence-electron chi connectivity index (χ0n) is 15.8. The number of fused-ring (bicyclic) bond motifs is 1.